The van der Waals surface area contributed by atoms with Gasteiger partial charge in [-0.3, -0.25) is 14.5 Å². The van der Waals surface area contributed by atoms with Crippen molar-refractivity contribution < 1.29 is 14.7 Å². The van der Waals surface area contributed by atoms with Crippen molar-refractivity contribution in [1.82, 2.24) is 4.90 Å². The van der Waals surface area contributed by atoms with E-state index < -0.39 is 0 Å². The molecule has 0 radical (unpaired) electrons. The Kier molecular flexibility index (Phi) is 5.55. The minimum absolute atomic E-state index is 0.0921. The number of aryl methyl sites for hydroxylation is 1. The van der Waals surface area contributed by atoms with Crippen LogP contribution < -0.4 is 0 Å². The molecule has 1 N–H and O–H groups in total. The molecule has 128 valence electrons. The fraction of sp³-hybridized carbons (Fsp3) is 0.111. The number of phenolic OH excluding ortho intramolecular Hbond substituents is 1. The summed E-state index contributed by atoms with van der Waals surface area (Å²) in [6.45, 7) is 2.20. The van der Waals surface area contributed by atoms with Crippen LogP contribution in [0.25, 0.3) is 6.08 Å². The van der Waals surface area contributed by atoms with Gasteiger partial charge in [0.25, 0.3) is 11.1 Å². The van der Waals surface area contributed by atoms with Crippen molar-refractivity contribution in [3.8, 4) is 5.75 Å². The summed E-state index contributed by atoms with van der Waals surface area (Å²) in [6.07, 6.45) is 1.56. The van der Waals surface area contributed by atoms with Crippen LogP contribution in [0.4, 0.5) is 4.79 Å². The molecule has 0 aliphatic carbocycles. The van der Waals surface area contributed by atoms with Crippen molar-refractivity contribution in [1.29, 1.82) is 0 Å². The van der Waals surface area contributed by atoms with Crippen LogP contribution in [0.3, 0.4) is 0 Å². The average Bonchev–Trinajstić information content (AvgIpc) is 2.81. The van der Waals surface area contributed by atoms with Crippen LogP contribution in [0.2, 0.25) is 0 Å². The Hall–Kier alpha value is -1.32. The number of benzene rings is 2. The fourth-order valence-corrected chi connectivity index (χ4v) is 4.81. The van der Waals surface area contributed by atoms with Gasteiger partial charge in [-0.2, -0.15) is 0 Å². The quantitative estimate of drug-likeness (QED) is 0.433. The van der Waals surface area contributed by atoms with Gasteiger partial charge in [0.1, 0.15) is 5.75 Å². The first-order valence-corrected chi connectivity index (χ1v) is 10.0. The number of imide groups is 1. The molecule has 0 saturated carbocycles. The van der Waals surface area contributed by atoms with Crippen LogP contribution in [0.1, 0.15) is 16.7 Å². The second-order valence-corrected chi connectivity index (χ2v) is 8.59. The van der Waals surface area contributed by atoms with E-state index in [9.17, 15) is 14.7 Å². The summed E-state index contributed by atoms with van der Waals surface area (Å²) in [5, 5.41) is 9.88. The SMILES string of the molecule is Cc1ccccc1CN1C(=O)S/C(=C\c2cc(Br)cc(I)c2O)C1=O. The monoisotopic (exact) mass is 529 g/mol. The van der Waals surface area contributed by atoms with Crippen LogP contribution >= 0.6 is 50.3 Å². The van der Waals surface area contributed by atoms with E-state index >= 15 is 0 Å². The summed E-state index contributed by atoms with van der Waals surface area (Å²) in [5.41, 5.74) is 2.47. The summed E-state index contributed by atoms with van der Waals surface area (Å²) in [6, 6.07) is 11.2. The van der Waals surface area contributed by atoms with Gasteiger partial charge in [-0.25, -0.2) is 0 Å². The third-order valence-corrected chi connectivity index (χ3v) is 6.00. The van der Waals surface area contributed by atoms with Crippen LogP contribution in [0.15, 0.2) is 45.8 Å². The van der Waals surface area contributed by atoms with E-state index in [4.69, 9.17) is 0 Å². The highest BCUT2D eigenvalue weighted by atomic mass is 127. The van der Waals surface area contributed by atoms with Crippen molar-refractivity contribution >= 4 is 67.5 Å². The Balaban J connectivity index is 1.90. The number of hydrogen-bond donors (Lipinski definition) is 1. The van der Waals surface area contributed by atoms with Gasteiger partial charge in [-0.15, -0.1) is 0 Å². The summed E-state index contributed by atoms with van der Waals surface area (Å²) < 4.78 is 1.46. The van der Waals surface area contributed by atoms with Gasteiger partial charge in [0.2, 0.25) is 0 Å². The fourth-order valence-electron chi connectivity index (χ4n) is 2.43. The summed E-state index contributed by atoms with van der Waals surface area (Å²) in [7, 11) is 0. The lowest BCUT2D eigenvalue weighted by molar-refractivity contribution is -0.123. The molecule has 0 atom stereocenters. The predicted molar refractivity (Wildman–Crippen MR) is 111 cm³/mol. The molecule has 7 heteroatoms. The number of amides is 2. The van der Waals surface area contributed by atoms with E-state index in [2.05, 4.69) is 15.9 Å². The van der Waals surface area contributed by atoms with Crippen LogP contribution in [-0.4, -0.2) is 21.2 Å². The van der Waals surface area contributed by atoms with Crippen LogP contribution in [-0.2, 0) is 11.3 Å². The Bertz CT molecular complexity index is 913. The molecule has 1 heterocycles. The maximum Gasteiger partial charge on any atom is 0.293 e. The van der Waals surface area contributed by atoms with Gasteiger partial charge in [0.05, 0.1) is 15.0 Å². The molecule has 25 heavy (non-hydrogen) atoms. The lowest BCUT2D eigenvalue weighted by Gasteiger charge is -2.14. The molecule has 4 nitrogen and oxygen atoms in total. The lowest BCUT2D eigenvalue weighted by Crippen LogP contribution is -2.27. The first-order valence-electron chi connectivity index (χ1n) is 7.34. The highest BCUT2D eigenvalue weighted by molar-refractivity contribution is 14.1. The van der Waals surface area contributed by atoms with Gasteiger partial charge >= 0.3 is 0 Å². The van der Waals surface area contributed by atoms with Gasteiger partial charge in [0, 0.05) is 10.0 Å². The number of rotatable bonds is 3. The van der Waals surface area contributed by atoms with Gasteiger partial charge < -0.3 is 5.11 Å². The number of halogens is 2. The second-order valence-electron chi connectivity index (χ2n) is 5.52. The molecule has 1 aliphatic heterocycles. The highest BCUT2D eigenvalue weighted by Gasteiger charge is 2.35. The summed E-state index contributed by atoms with van der Waals surface area (Å²) >= 11 is 6.28. The van der Waals surface area contributed by atoms with E-state index in [0.29, 0.717) is 14.0 Å². The topological polar surface area (TPSA) is 57.6 Å². The van der Waals surface area contributed by atoms with Crippen molar-refractivity contribution in [3.05, 3.63) is 66.0 Å². The Labute approximate surface area is 171 Å². The van der Waals surface area contributed by atoms with E-state index in [0.717, 1.165) is 27.4 Å². The van der Waals surface area contributed by atoms with Crippen molar-refractivity contribution in [2.75, 3.05) is 0 Å². The number of thioether (sulfide) groups is 1. The molecule has 3 rings (SSSR count). The zero-order chi connectivity index (χ0) is 18.1. The third kappa shape index (κ3) is 3.93. The first kappa shape index (κ1) is 18.5. The van der Waals surface area contributed by atoms with Gasteiger partial charge in [0.15, 0.2) is 0 Å². The molecular formula is C18H13BrINO3S. The van der Waals surface area contributed by atoms with E-state index in [1.54, 1.807) is 18.2 Å². The Morgan fingerprint density at radius 2 is 2.00 bits per heavy atom. The van der Waals surface area contributed by atoms with E-state index in [-0.39, 0.29) is 23.4 Å². The van der Waals surface area contributed by atoms with Crippen molar-refractivity contribution in [2.24, 2.45) is 0 Å². The number of hydrogen-bond acceptors (Lipinski definition) is 4. The zero-order valence-corrected chi connectivity index (χ0v) is 17.7. The standard InChI is InChI=1S/C18H13BrINO3S/c1-10-4-2-3-5-11(10)9-21-17(23)15(25-18(21)24)7-12-6-13(19)8-14(20)16(12)22/h2-8,22H,9H2,1H3/b15-7-. The van der Waals surface area contributed by atoms with Gasteiger partial charge in [-0.05, 0) is 70.6 Å². The van der Waals surface area contributed by atoms with E-state index in [1.165, 1.54) is 4.90 Å². The average molecular weight is 530 g/mol. The molecule has 2 amide bonds. The largest absolute Gasteiger partial charge is 0.506 e. The summed E-state index contributed by atoms with van der Waals surface area (Å²) in [4.78, 5) is 26.5. The number of nitrogens with zero attached hydrogens (tertiary/aromatic N) is 1. The molecule has 0 unspecified atom stereocenters. The number of carbonyl (C=O) groups is 2. The maximum absolute atomic E-state index is 12.6. The third-order valence-electron chi connectivity index (χ3n) is 3.81. The molecule has 1 fully saturated rings. The zero-order valence-electron chi connectivity index (χ0n) is 13.1. The highest BCUT2D eigenvalue weighted by Crippen LogP contribution is 2.37. The van der Waals surface area contributed by atoms with Gasteiger partial charge in [-0.1, -0.05) is 40.2 Å². The molecule has 1 saturated heterocycles. The Morgan fingerprint density at radius 3 is 2.72 bits per heavy atom. The molecule has 1 aliphatic rings. The minimum atomic E-state index is -0.340. The number of carbonyl (C=O) groups excluding carboxylic acids is 2. The number of aromatic hydroxyl groups is 1. The van der Waals surface area contributed by atoms with Crippen LogP contribution in [0, 0.1) is 10.5 Å². The Morgan fingerprint density at radius 1 is 1.28 bits per heavy atom. The molecular weight excluding hydrogens is 517 g/mol. The molecule has 0 aromatic heterocycles. The smallest absolute Gasteiger partial charge is 0.293 e. The molecule has 2 aromatic carbocycles. The predicted octanol–water partition coefficient (Wildman–Crippen LogP) is 5.30. The summed E-state index contributed by atoms with van der Waals surface area (Å²) in [5.74, 6) is -0.248. The second kappa shape index (κ2) is 7.51. The normalized spacial score (nSPS) is 16.1. The lowest BCUT2D eigenvalue weighted by atomic mass is 10.1. The first-order chi connectivity index (χ1) is 11.9. The number of phenols is 1. The molecule has 2 aromatic rings. The van der Waals surface area contributed by atoms with Crippen molar-refractivity contribution in [2.45, 2.75) is 13.5 Å². The van der Waals surface area contributed by atoms with E-state index in [1.807, 2.05) is 53.8 Å². The molecule has 0 bridgehead atoms. The maximum atomic E-state index is 12.6. The molecule has 0 spiro atoms. The van der Waals surface area contributed by atoms with Crippen molar-refractivity contribution in [3.63, 3.8) is 0 Å². The van der Waals surface area contributed by atoms with Crippen LogP contribution in [0.5, 0.6) is 5.75 Å². The minimum Gasteiger partial charge on any atom is -0.506 e.